The Morgan fingerprint density at radius 2 is 2.22 bits per heavy atom. The molecule has 1 heterocycles. The number of benzene rings is 1. The normalized spacial score (nSPS) is 11.0. The number of carbonyl (C=O) groups is 1. The van der Waals surface area contributed by atoms with Crippen molar-refractivity contribution >= 4 is 28.6 Å². The van der Waals surface area contributed by atoms with Gasteiger partial charge in [0.25, 0.3) is 0 Å². The van der Waals surface area contributed by atoms with E-state index in [4.69, 9.17) is 16.7 Å². The molecule has 0 unspecified atom stereocenters. The van der Waals surface area contributed by atoms with Gasteiger partial charge in [-0.3, -0.25) is 4.79 Å². The average molecular weight is 267 g/mol. The maximum Gasteiger partial charge on any atom is 0.303 e. The molecule has 4 nitrogen and oxygen atoms in total. The van der Waals surface area contributed by atoms with Crippen molar-refractivity contribution in [3.63, 3.8) is 0 Å². The molecule has 0 saturated heterocycles. The van der Waals surface area contributed by atoms with E-state index in [2.05, 4.69) is 4.98 Å². The van der Waals surface area contributed by atoms with Crippen molar-refractivity contribution in [3.8, 4) is 0 Å². The molecular formula is C13H15ClN2O2. The SMILES string of the molecule is Cn1c(CCCCC(=O)O)nc2cccc(Cl)c21. The number of hydrogen-bond acceptors (Lipinski definition) is 2. The van der Waals surface area contributed by atoms with Crippen LogP contribution in [0.5, 0.6) is 0 Å². The Bertz CT molecular complexity index is 578. The molecule has 1 N–H and O–H groups in total. The van der Waals surface area contributed by atoms with Crippen molar-refractivity contribution in [2.24, 2.45) is 7.05 Å². The molecule has 2 rings (SSSR count). The van der Waals surface area contributed by atoms with Gasteiger partial charge in [0.15, 0.2) is 0 Å². The number of aryl methyl sites for hydroxylation is 2. The van der Waals surface area contributed by atoms with Crippen LogP contribution in [0.25, 0.3) is 11.0 Å². The summed E-state index contributed by atoms with van der Waals surface area (Å²) in [7, 11) is 1.94. The summed E-state index contributed by atoms with van der Waals surface area (Å²) >= 11 is 6.14. The lowest BCUT2D eigenvalue weighted by molar-refractivity contribution is -0.137. The summed E-state index contributed by atoms with van der Waals surface area (Å²) in [5.74, 6) is 0.200. The minimum absolute atomic E-state index is 0.213. The average Bonchev–Trinajstić information content (AvgIpc) is 2.63. The fourth-order valence-corrected chi connectivity index (χ4v) is 2.35. The molecule has 0 saturated carbocycles. The van der Waals surface area contributed by atoms with Gasteiger partial charge in [0.05, 0.1) is 16.1 Å². The highest BCUT2D eigenvalue weighted by Gasteiger charge is 2.10. The summed E-state index contributed by atoms with van der Waals surface area (Å²) in [6.45, 7) is 0. The number of carboxylic acids is 1. The largest absolute Gasteiger partial charge is 0.481 e. The molecule has 0 spiro atoms. The van der Waals surface area contributed by atoms with Gasteiger partial charge < -0.3 is 9.67 Å². The van der Waals surface area contributed by atoms with Crippen molar-refractivity contribution in [1.29, 1.82) is 0 Å². The summed E-state index contributed by atoms with van der Waals surface area (Å²) in [4.78, 5) is 14.9. The van der Waals surface area contributed by atoms with Crippen LogP contribution in [-0.2, 0) is 18.3 Å². The number of unbranched alkanes of at least 4 members (excludes halogenated alkanes) is 1. The van der Waals surface area contributed by atoms with E-state index in [0.29, 0.717) is 11.4 Å². The Morgan fingerprint density at radius 1 is 1.44 bits per heavy atom. The number of aliphatic carboxylic acids is 1. The van der Waals surface area contributed by atoms with Crippen LogP contribution in [0.15, 0.2) is 18.2 Å². The number of fused-ring (bicyclic) bond motifs is 1. The van der Waals surface area contributed by atoms with Gasteiger partial charge in [0, 0.05) is 19.9 Å². The fraction of sp³-hybridized carbons (Fsp3) is 0.385. The van der Waals surface area contributed by atoms with Crippen LogP contribution >= 0.6 is 11.6 Å². The summed E-state index contributed by atoms with van der Waals surface area (Å²) in [5, 5.41) is 9.27. The van der Waals surface area contributed by atoms with Crippen molar-refractivity contribution in [2.75, 3.05) is 0 Å². The number of para-hydroxylation sites is 1. The topological polar surface area (TPSA) is 55.1 Å². The maximum absolute atomic E-state index is 10.4. The lowest BCUT2D eigenvalue weighted by Gasteiger charge is -2.02. The second-order valence-electron chi connectivity index (χ2n) is 4.30. The number of nitrogens with zero attached hydrogens (tertiary/aromatic N) is 2. The van der Waals surface area contributed by atoms with E-state index < -0.39 is 5.97 Å². The monoisotopic (exact) mass is 266 g/mol. The standard InChI is InChI=1S/C13H15ClN2O2/c1-16-11(7-2-3-8-12(17)18)15-10-6-4-5-9(14)13(10)16/h4-6H,2-3,7-8H2,1H3,(H,17,18). The summed E-state index contributed by atoms with van der Waals surface area (Å²) in [6, 6.07) is 5.66. The van der Waals surface area contributed by atoms with Gasteiger partial charge in [-0.2, -0.15) is 0 Å². The number of rotatable bonds is 5. The van der Waals surface area contributed by atoms with Gasteiger partial charge >= 0.3 is 5.97 Å². The van der Waals surface area contributed by atoms with E-state index in [1.165, 1.54) is 0 Å². The number of halogens is 1. The van der Waals surface area contributed by atoms with E-state index in [-0.39, 0.29) is 6.42 Å². The van der Waals surface area contributed by atoms with Crippen LogP contribution in [0.1, 0.15) is 25.1 Å². The molecule has 0 aliphatic carbocycles. The third-order valence-electron chi connectivity index (χ3n) is 2.98. The fourth-order valence-electron chi connectivity index (χ4n) is 2.05. The molecular weight excluding hydrogens is 252 g/mol. The summed E-state index contributed by atoms with van der Waals surface area (Å²) < 4.78 is 1.98. The van der Waals surface area contributed by atoms with Crippen molar-refractivity contribution in [1.82, 2.24) is 9.55 Å². The molecule has 18 heavy (non-hydrogen) atoms. The third-order valence-corrected chi connectivity index (χ3v) is 3.28. The number of imidazole rings is 1. The maximum atomic E-state index is 10.4. The van der Waals surface area contributed by atoms with E-state index >= 15 is 0 Å². The molecule has 0 radical (unpaired) electrons. The van der Waals surface area contributed by atoms with E-state index in [1.807, 2.05) is 29.8 Å². The van der Waals surface area contributed by atoms with Crippen LogP contribution < -0.4 is 0 Å². The first-order chi connectivity index (χ1) is 8.59. The Labute approximate surface area is 110 Å². The van der Waals surface area contributed by atoms with Gasteiger partial charge in [-0.25, -0.2) is 4.98 Å². The molecule has 0 fully saturated rings. The Kier molecular flexibility index (Phi) is 3.87. The van der Waals surface area contributed by atoms with Gasteiger partial charge in [-0.1, -0.05) is 17.7 Å². The zero-order valence-electron chi connectivity index (χ0n) is 10.2. The minimum atomic E-state index is -0.747. The minimum Gasteiger partial charge on any atom is -0.481 e. The molecule has 5 heteroatoms. The predicted molar refractivity (Wildman–Crippen MR) is 70.9 cm³/mol. The number of aromatic nitrogens is 2. The first-order valence-electron chi connectivity index (χ1n) is 5.91. The third kappa shape index (κ3) is 2.64. The van der Waals surface area contributed by atoms with E-state index in [9.17, 15) is 4.79 Å². The highest BCUT2D eigenvalue weighted by Crippen LogP contribution is 2.24. The highest BCUT2D eigenvalue weighted by atomic mass is 35.5. The predicted octanol–water partition coefficient (Wildman–Crippen LogP) is 3.02. The van der Waals surface area contributed by atoms with Crippen LogP contribution in [0, 0.1) is 0 Å². The smallest absolute Gasteiger partial charge is 0.303 e. The van der Waals surface area contributed by atoms with Crippen molar-refractivity contribution in [3.05, 3.63) is 29.0 Å². The summed E-state index contributed by atoms with van der Waals surface area (Å²) in [5.41, 5.74) is 1.82. The van der Waals surface area contributed by atoms with Crippen molar-refractivity contribution in [2.45, 2.75) is 25.7 Å². The van der Waals surface area contributed by atoms with Crippen LogP contribution in [0.4, 0.5) is 0 Å². The zero-order valence-corrected chi connectivity index (χ0v) is 10.9. The second kappa shape index (κ2) is 5.40. The Hall–Kier alpha value is -1.55. The Balaban J connectivity index is 2.12. The van der Waals surface area contributed by atoms with Crippen LogP contribution in [0.3, 0.4) is 0 Å². The van der Waals surface area contributed by atoms with Gasteiger partial charge in [-0.05, 0) is 25.0 Å². The molecule has 1 aromatic carbocycles. The van der Waals surface area contributed by atoms with E-state index in [1.54, 1.807) is 0 Å². The molecule has 0 aliphatic heterocycles. The Morgan fingerprint density at radius 3 is 2.89 bits per heavy atom. The van der Waals surface area contributed by atoms with Gasteiger partial charge in [0.1, 0.15) is 5.82 Å². The molecule has 0 bridgehead atoms. The first kappa shape index (κ1) is 12.9. The molecule has 0 amide bonds. The second-order valence-corrected chi connectivity index (χ2v) is 4.70. The number of hydrogen-bond donors (Lipinski definition) is 1. The quantitative estimate of drug-likeness (QED) is 0.847. The molecule has 1 aromatic heterocycles. The molecule has 0 atom stereocenters. The molecule has 0 aliphatic rings. The summed E-state index contributed by atoms with van der Waals surface area (Å²) in [6.07, 6.45) is 2.48. The highest BCUT2D eigenvalue weighted by molar-refractivity contribution is 6.35. The van der Waals surface area contributed by atoms with Crippen LogP contribution in [0.2, 0.25) is 5.02 Å². The van der Waals surface area contributed by atoms with Crippen molar-refractivity contribution < 1.29 is 9.90 Å². The zero-order chi connectivity index (χ0) is 13.1. The lowest BCUT2D eigenvalue weighted by Crippen LogP contribution is -2.00. The molecule has 2 aromatic rings. The number of carboxylic acid groups (broad SMARTS) is 1. The van der Waals surface area contributed by atoms with Gasteiger partial charge in [0.2, 0.25) is 0 Å². The first-order valence-corrected chi connectivity index (χ1v) is 6.29. The molecule has 96 valence electrons. The van der Waals surface area contributed by atoms with Gasteiger partial charge in [-0.15, -0.1) is 0 Å². The van der Waals surface area contributed by atoms with Crippen LogP contribution in [-0.4, -0.2) is 20.6 Å². The van der Waals surface area contributed by atoms with E-state index in [0.717, 1.165) is 29.7 Å². The lowest BCUT2D eigenvalue weighted by atomic mass is 10.2.